The first kappa shape index (κ1) is 23.3. The lowest BCUT2D eigenvalue weighted by Gasteiger charge is -2.15. The number of amides is 2. The summed E-state index contributed by atoms with van der Waals surface area (Å²) in [5.74, 6) is 0.00962. The Morgan fingerprint density at radius 1 is 0.750 bits per heavy atom. The fourth-order valence-electron chi connectivity index (χ4n) is 3.62. The number of benzene rings is 3. The quantitative estimate of drug-likeness (QED) is 0.466. The third-order valence-corrected chi connectivity index (χ3v) is 5.66. The molecule has 0 saturated heterocycles. The Labute approximate surface area is 191 Å². The van der Waals surface area contributed by atoms with E-state index in [1.165, 1.54) is 5.56 Å². The number of carbonyl (C=O) groups excluding carboxylic acids is 2. The normalized spacial score (nSPS) is 10.6. The molecule has 0 unspecified atom stereocenters. The minimum Gasteiger partial charge on any atom is -0.352 e. The minimum atomic E-state index is -0.0323. The number of hydrogen-bond acceptors (Lipinski definition) is 2. The number of nitrogens with zero attached hydrogens (tertiary/aromatic N) is 1. The maximum absolute atomic E-state index is 12.5. The molecule has 0 saturated carbocycles. The zero-order chi connectivity index (χ0) is 22.8. The molecule has 1 N–H and O–H groups in total. The van der Waals surface area contributed by atoms with Crippen LogP contribution in [0.15, 0.2) is 78.9 Å². The molecule has 0 aliphatic rings. The van der Waals surface area contributed by atoms with Crippen molar-refractivity contribution in [3.63, 3.8) is 0 Å². The van der Waals surface area contributed by atoms with E-state index in [0.29, 0.717) is 18.7 Å². The average molecular weight is 429 g/mol. The highest BCUT2D eigenvalue weighted by Gasteiger charge is 2.11. The van der Waals surface area contributed by atoms with Crippen LogP contribution in [-0.4, -0.2) is 36.9 Å². The molecule has 32 heavy (non-hydrogen) atoms. The Kier molecular flexibility index (Phi) is 8.61. The lowest BCUT2D eigenvalue weighted by Crippen LogP contribution is -2.26. The molecule has 0 aliphatic carbocycles. The van der Waals surface area contributed by atoms with Gasteiger partial charge in [0.15, 0.2) is 0 Å². The predicted molar refractivity (Wildman–Crippen MR) is 130 cm³/mol. The van der Waals surface area contributed by atoms with E-state index in [0.717, 1.165) is 42.4 Å². The van der Waals surface area contributed by atoms with Gasteiger partial charge in [0, 0.05) is 31.3 Å². The molecule has 0 radical (unpaired) electrons. The summed E-state index contributed by atoms with van der Waals surface area (Å²) in [6.45, 7) is 3.31. The van der Waals surface area contributed by atoms with Gasteiger partial charge in [0.2, 0.25) is 0 Å². The molecular formula is C28H32N2O2. The molecule has 0 atom stereocenters. The van der Waals surface area contributed by atoms with Gasteiger partial charge >= 0.3 is 0 Å². The highest BCUT2D eigenvalue weighted by Crippen LogP contribution is 2.13. The van der Waals surface area contributed by atoms with Crippen LogP contribution in [0.1, 0.15) is 50.8 Å². The van der Waals surface area contributed by atoms with Gasteiger partial charge in [-0.2, -0.15) is 0 Å². The highest BCUT2D eigenvalue weighted by atomic mass is 16.2. The summed E-state index contributed by atoms with van der Waals surface area (Å²) in [6, 6.07) is 25.9. The van der Waals surface area contributed by atoms with E-state index in [1.807, 2.05) is 80.7 Å². The summed E-state index contributed by atoms with van der Waals surface area (Å²) < 4.78 is 0. The Balaban J connectivity index is 1.51. The van der Waals surface area contributed by atoms with Gasteiger partial charge in [-0.15, -0.1) is 0 Å². The first-order chi connectivity index (χ1) is 15.6. The summed E-state index contributed by atoms with van der Waals surface area (Å²) in [5.41, 5.74) is 4.93. The number of rotatable bonds is 10. The second-order valence-electron chi connectivity index (χ2n) is 8.07. The summed E-state index contributed by atoms with van der Waals surface area (Å²) in [4.78, 5) is 26.6. The number of hydrogen-bond donors (Lipinski definition) is 1. The smallest absolute Gasteiger partial charge is 0.253 e. The minimum absolute atomic E-state index is 0.0323. The Morgan fingerprint density at radius 3 is 2.00 bits per heavy atom. The van der Waals surface area contributed by atoms with E-state index < -0.39 is 0 Å². The van der Waals surface area contributed by atoms with Crippen LogP contribution in [0, 0.1) is 0 Å². The van der Waals surface area contributed by atoms with Gasteiger partial charge in [-0.3, -0.25) is 9.59 Å². The maximum atomic E-state index is 12.5. The molecule has 0 spiro atoms. The molecule has 4 nitrogen and oxygen atoms in total. The van der Waals surface area contributed by atoms with Crippen molar-refractivity contribution in [1.29, 1.82) is 0 Å². The van der Waals surface area contributed by atoms with E-state index >= 15 is 0 Å². The summed E-state index contributed by atoms with van der Waals surface area (Å²) in [7, 11) is 1.81. The van der Waals surface area contributed by atoms with Crippen molar-refractivity contribution >= 4 is 11.8 Å². The molecule has 3 rings (SSSR count). The average Bonchev–Trinajstić information content (AvgIpc) is 2.85. The van der Waals surface area contributed by atoms with E-state index in [-0.39, 0.29) is 11.8 Å². The Hall–Kier alpha value is -3.40. The monoisotopic (exact) mass is 428 g/mol. The van der Waals surface area contributed by atoms with E-state index in [2.05, 4.69) is 17.4 Å². The number of carbonyl (C=O) groups is 2. The molecule has 3 aromatic rings. The van der Waals surface area contributed by atoms with Crippen molar-refractivity contribution in [2.75, 3.05) is 20.1 Å². The van der Waals surface area contributed by atoms with E-state index in [4.69, 9.17) is 0 Å². The van der Waals surface area contributed by atoms with Gasteiger partial charge < -0.3 is 10.2 Å². The van der Waals surface area contributed by atoms with Crippen LogP contribution >= 0.6 is 0 Å². The predicted octanol–water partition coefficient (Wildman–Crippen LogP) is 4.93. The van der Waals surface area contributed by atoms with Crippen LogP contribution in [0.5, 0.6) is 0 Å². The molecule has 166 valence electrons. The lowest BCUT2D eigenvalue weighted by atomic mass is 10.0. The van der Waals surface area contributed by atoms with Crippen LogP contribution in [0.25, 0.3) is 0 Å². The van der Waals surface area contributed by atoms with Crippen LogP contribution in [-0.2, 0) is 19.3 Å². The summed E-state index contributed by atoms with van der Waals surface area (Å²) in [6.07, 6.45) is 3.50. The highest BCUT2D eigenvalue weighted by molar-refractivity contribution is 5.94. The zero-order valence-corrected chi connectivity index (χ0v) is 19.0. The molecule has 0 fully saturated rings. The van der Waals surface area contributed by atoms with Gasteiger partial charge in [-0.05, 0) is 73.6 Å². The van der Waals surface area contributed by atoms with Gasteiger partial charge in [0.1, 0.15) is 0 Å². The molecule has 0 aromatic heterocycles. The molecule has 3 aromatic carbocycles. The van der Waals surface area contributed by atoms with E-state index in [1.54, 1.807) is 4.90 Å². The molecule has 0 heterocycles. The topological polar surface area (TPSA) is 49.4 Å². The van der Waals surface area contributed by atoms with Crippen molar-refractivity contribution in [3.8, 4) is 0 Å². The van der Waals surface area contributed by atoms with Crippen LogP contribution in [0.2, 0.25) is 0 Å². The van der Waals surface area contributed by atoms with Gasteiger partial charge in [-0.25, -0.2) is 0 Å². The van der Waals surface area contributed by atoms with Crippen molar-refractivity contribution in [3.05, 3.63) is 107 Å². The maximum Gasteiger partial charge on any atom is 0.253 e. The largest absolute Gasteiger partial charge is 0.352 e. The molecule has 0 bridgehead atoms. The van der Waals surface area contributed by atoms with Crippen molar-refractivity contribution < 1.29 is 9.59 Å². The Morgan fingerprint density at radius 2 is 1.34 bits per heavy atom. The fourth-order valence-corrected chi connectivity index (χ4v) is 3.62. The summed E-state index contributed by atoms with van der Waals surface area (Å²) >= 11 is 0. The first-order valence-corrected chi connectivity index (χ1v) is 11.3. The van der Waals surface area contributed by atoms with Gasteiger partial charge in [-0.1, -0.05) is 54.6 Å². The summed E-state index contributed by atoms with van der Waals surface area (Å²) in [5, 5.41) is 3.03. The first-order valence-electron chi connectivity index (χ1n) is 11.3. The third-order valence-electron chi connectivity index (χ3n) is 5.66. The zero-order valence-electron chi connectivity index (χ0n) is 19.0. The second-order valence-corrected chi connectivity index (χ2v) is 8.07. The van der Waals surface area contributed by atoms with Crippen molar-refractivity contribution in [2.24, 2.45) is 0 Å². The fraction of sp³-hybridized carbons (Fsp3) is 0.286. The molecule has 0 aliphatic heterocycles. The van der Waals surface area contributed by atoms with E-state index in [9.17, 15) is 9.59 Å². The molecule has 4 heteroatoms. The lowest BCUT2D eigenvalue weighted by molar-refractivity contribution is 0.0802. The van der Waals surface area contributed by atoms with Gasteiger partial charge in [0.05, 0.1) is 0 Å². The molecule has 2 amide bonds. The van der Waals surface area contributed by atoms with Crippen LogP contribution in [0.3, 0.4) is 0 Å². The second kappa shape index (κ2) is 11.8. The van der Waals surface area contributed by atoms with Crippen LogP contribution < -0.4 is 5.32 Å². The number of aryl methyl sites for hydroxylation is 3. The third kappa shape index (κ3) is 6.81. The van der Waals surface area contributed by atoms with Crippen LogP contribution in [0.4, 0.5) is 0 Å². The van der Waals surface area contributed by atoms with Crippen molar-refractivity contribution in [1.82, 2.24) is 10.2 Å². The van der Waals surface area contributed by atoms with Gasteiger partial charge in [0.25, 0.3) is 11.8 Å². The number of nitrogens with one attached hydrogen (secondary N) is 1. The Bertz CT molecular complexity index is 1030. The SMILES string of the molecule is CCN(C)C(=O)c1cccc(CCc2cccc(C(=O)NCCCc3ccccc3)c2)c1. The standard InChI is InChI=1S/C28H32N2O2/c1-3-30(2)28(32)26-16-8-13-24(21-26)18-17-23-12-7-15-25(20-23)27(31)29-19-9-14-22-10-5-4-6-11-22/h4-8,10-13,15-16,20-21H,3,9,14,17-19H2,1-2H3,(H,29,31). The molecular weight excluding hydrogens is 396 g/mol. The van der Waals surface area contributed by atoms with Crippen molar-refractivity contribution in [2.45, 2.75) is 32.6 Å².